The van der Waals surface area contributed by atoms with Crippen molar-refractivity contribution in [3.05, 3.63) is 48.4 Å². The van der Waals surface area contributed by atoms with E-state index in [0.717, 1.165) is 17.8 Å². The Hall–Kier alpha value is -2.23. The van der Waals surface area contributed by atoms with Crippen LogP contribution in [0.25, 0.3) is 11.3 Å². The van der Waals surface area contributed by atoms with Crippen molar-refractivity contribution >= 4 is 5.91 Å². The predicted molar refractivity (Wildman–Crippen MR) is 67.8 cm³/mol. The molecule has 0 aliphatic carbocycles. The van der Waals surface area contributed by atoms with Crippen molar-refractivity contribution in [2.45, 2.75) is 12.3 Å². The lowest BCUT2D eigenvalue weighted by molar-refractivity contribution is -0.119. The first-order valence-corrected chi connectivity index (χ1v) is 5.96. The van der Waals surface area contributed by atoms with Crippen LogP contribution >= 0.6 is 0 Å². The summed E-state index contributed by atoms with van der Waals surface area (Å²) in [7, 11) is 0. The van der Waals surface area contributed by atoms with Gasteiger partial charge in [0.2, 0.25) is 5.91 Å². The molecule has 1 amide bonds. The van der Waals surface area contributed by atoms with Gasteiger partial charge in [-0.2, -0.15) is 0 Å². The molecular weight excluding hydrogens is 226 g/mol. The third-order valence-electron chi connectivity index (χ3n) is 3.22. The molecule has 0 spiro atoms. The normalized spacial score (nSPS) is 18.7. The molecule has 0 bridgehead atoms. The Labute approximate surface area is 105 Å². The minimum Gasteiger partial charge on any atom is -0.355 e. The number of hydrogen-bond donors (Lipinski definition) is 1. The Morgan fingerprint density at radius 3 is 2.61 bits per heavy atom. The molecule has 1 atom stereocenters. The summed E-state index contributed by atoms with van der Waals surface area (Å²) in [6.07, 6.45) is 5.68. The highest BCUT2D eigenvalue weighted by molar-refractivity contribution is 5.79. The molecule has 4 heteroatoms. The number of rotatable bonds is 2. The zero-order valence-corrected chi connectivity index (χ0v) is 9.84. The minimum absolute atomic E-state index is 0.137. The van der Waals surface area contributed by atoms with Gasteiger partial charge in [0.05, 0.1) is 11.9 Å². The molecule has 2 heterocycles. The Morgan fingerprint density at radius 2 is 2.00 bits per heavy atom. The summed E-state index contributed by atoms with van der Waals surface area (Å²) < 4.78 is 0. The molecule has 0 radical (unpaired) electrons. The second-order valence-electron chi connectivity index (χ2n) is 4.42. The van der Waals surface area contributed by atoms with Gasteiger partial charge in [0.1, 0.15) is 0 Å². The highest BCUT2D eigenvalue weighted by atomic mass is 16.1. The van der Waals surface area contributed by atoms with Crippen LogP contribution in [0.1, 0.15) is 17.9 Å². The van der Waals surface area contributed by atoms with Crippen LogP contribution in [0, 0.1) is 0 Å². The van der Waals surface area contributed by atoms with Crippen LogP contribution < -0.4 is 5.32 Å². The van der Waals surface area contributed by atoms with E-state index in [2.05, 4.69) is 27.4 Å². The van der Waals surface area contributed by atoms with Gasteiger partial charge in [0.15, 0.2) is 0 Å². The summed E-state index contributed by atoms with van der Waals surface area (Å²) in [4.78, 5) is 19.5. The summed E-state index contributed by atoms with van der Waals surface area (Å²) in [6.45, 7) is 0.739. The van der Waals surface area contributed by atoms with Crippen molar-refractivity contribution in [1.29, 1.82) is 0 Å². The number of carbonyl (C=O) groups excluding carboxylic acids is 1. The van der Waals surface area contributed by atoms with Crippen molar-refractivity contribution in [3.63, 3.8) is 0 Å². The monoisotopic (exact) mass is 239 g/mol. The highest BCUT2D eigenvalue weighted by Gasteiger charge is 2.22. The molecule has 1 aliphatic rings. The van der Waals surface area contributed by atoms with Gasteiger partial charge in [-0.15, -0.1) is 0 Å². The smallest absolute Gasteiger partial charge is 0.220 e. The third kappa shape index (κ3) is 2.09. The van der Waals surface area contributed by atoms with E-state index in [1.54, 1.807) is 18.6 Å². The van der Waals surface area contributed by atoms with Crippen LogP contribution in [0.15, 0.2) is 42.9 Å². The summed E-state index contributed by atoms with van der Waals surface area (Å²) in [5.74, 6) is 0.436. The second-order valence-corrected chi connectivity index (χ2v) is 4.42. The summed E-state index contributed by atoms with van der Waals surface area (Å²) in [6, 6.07) is 8.19. The van der Waals surface area contributed by atoms with Gasteiger partial charge < -0.3 is 5.32 Å². The Bertz CT molecular complexity index is 551. The number of amides is 1. The van der Waals surface area contributed by atoms with E-state index in [4.69, 9.17) is 0 Å². The topological polar surface area (TPSA) is 54.9 Å². The first kappa shape index (κ1) is 10.9. The van der Waals surface area contributed by atoms with E-state index < -0.39 is 0 Å². The van der Waals surface area contributed by atoms with Crippen LogP contribution in [0.2, 0.25) is 0 Å². The molecular formula is C14H13N3O. The fourth-order valence-corrected chi connectivity index (χ4v) is 2.22. The zero-order valence-electron chi connectivity index (χ0n) is 9.84. The van der Waals surface area contributed by atoms with Crippen molar-refractivity contribution in [3.8, 4) is 11.3 Å². The summed E-state index contributed by atoms with van der Waals surface area (Å²) >= 11 is 0. The van der Waals surface area contributed by atoms with Gasteiger partial charge in [-0.25, -0.2) is 0 Å². The number of hydrogen-bond acceptors (Lipinski definition) is 3. The lowest BCUT2D eigenvalue weighted by Crippen LogP contribution is -2.13. The van der Waals surface area contributed by atoms with Gasteiger partial charge >= 0.3 is 0 Å². The summed E-state index contributed by atoms with van der Waals surface area (Å²) in [5, 5.41) is 2.85. The molecule has 1 aromatic carbocycles. The lowest BCUT2D eigenvalue weighted by atomic mass is 9.97. The first-order valence-electron chi connectivity index (χ1n) is 5.96. The van der Waals surface area contributed by atoms with Gasteiger partial charge in [-0.3, -0.25) is 14.8 Å². The van der Waals surface area contributed by atoms with Gasteiger partial charge in [-0.05, 0) is 5.56 Å². The quantitative estimate of drug-likeness (QED) is 0.868. The van der Waals surface area contributed by atoms with Crippen LogP contribution in [0.5, 0.6) is 0 Å². The van der Waals surface area contributed by atoms with Crippen LogP contribution in [0.4, 0.5) is 0 Å². The second kappa shape index (κ2) is 4.56. The number of aromatic nitrogens is 2. The average Bonchev–Trinajstić information content (AvgIpc) is 2.87. The van der Waals surface area contributed by atoms with Crippen molar-refractivity contribution in [2.75, 3.05) is 6.54 Å². The molecule has 1 aromatic heterocycles. The van der Waals surface area contributed by atoms with E-state index in [1.165, 1.54) is 5.56 Å². The maximum Gasteiger partial charge on any atom is 0.220 e. The van der Waals surface area contributed by atoms with Crippen LogP contribution in [-0.2, 0) is 4.79 Å². The molecule has 0 saturated carbocycles. The number of nitrogens with one attached hydrogen (secondary N) is 1. The van der Waals surface area contributed by atoms with Crippen LogP contribution in [-0.4, -0.2) is 22.4 Å². The van der Waals surface area contributed by atoms with Gasteiger partial charge in [-0.1, -0.05) is 24.3 Å². The first-order chi connectivity index (χ1) is 8.83. The van der Waals surface area contributed by atoms with Crippen molar-refractivity contribution in [1.82, 2.24) is 15.3 Å². The Balaban J connectivity index is 1.83. The summed E-state index contributed by atoms with van der Waals surface area (Å²) in [5.41, 5.74) is 3.11. The van der Waals surface area contributed by atoms with E-state index in [9.17, 15) is 4.79 Å². The zero-order chi connectivity index (χ0) is 12.4. The molecule has 4 nitrogen and oxygen atoms in total. The molecule has 2 aromatic rings. The van der Waals surface area contributed by atoms with E-state index >= 15 is 0 Å². The van der Waals surface area contributed by atoms with Crippen LogP contribution in [0.3, 0.4) is 0 Å². The minimum atomic E-state index is 0.137. The van der Waals surface area contributed by atoms with E-state index in [0.29, 0.717) is 12.3 Å². The van der Waals surface area contributed by atoms with Gasteiger partial charge in [0.25, 0.3) is 0 Å². The Kier molecular flexibility index (Phi) is 2.76. The standard InChI is InChI=1S/C14H13N3O/c18-14-7-12(8-17-14)10-1-3-11(4-2-10)13-9-15-5-6-16-13/h1-6,9,12H,7-8H2,(H,17,18). The number of benzene rings is 1. The van der Waals surface area contributed by atoms with E-state index in [-0.39, 0.29) is 5.91 Å². The maximum absolute atomic E-state index is 11.2. The fourth-order valence-electron chi connectivity index (χ4n) is 2.22. The number of nitrogens with zero attached hydrogens (tertiary/aromatic N) is 2. The van der Waals surface area contributed by atoms with Gasteiger partial charge in [0, 0.05) is 36.8 Å². The largest absolute Gasteiger partial charge is 0.355 e. The SMILES string of the molecule is O=C1CC(c2ccc(-c3cnccn3)cc2)CN1. The Morgan fingerprint density at radius 1 is 1.17 bits per heavy atom. The molecule has 1 unspecified atom stereocenters. The molecule has 90 valence electrons. The molecule has 1 fully saturated rings. The lowest BCUT2D eigenvalue weighted by Gasteiger charge is -2.08. The average molecular weight is 239 g/mol. The molecule has 1 N–H and O–H groups in total. The molecule has 3 rings (SSSR count). The fraction of sp³-hybridized carbons (Fsp3) is 0.214. The third-order valence-corrected chi connectivity index (χ3v) is 3.22. The molecule has 1 aliphatic heterocycles. The molecule has 18 heavy (non-hydrogen) atoms. The maximum atomic E-state index is 11.2. The molecule has 1 saturated heterocycles. The van der Waals surface area contributed by atoms with E-state index in [1.807, 2.05) is 12.1 Å². The number of carbonyl (C=O) groups is 1. The predicted octanol–water partition coefficient (Wildman–Crippen LogP) is 1.75. The van der Waals surface area contributed by atoms with Crippen molar-refractivity contribution in [2.24, 2.45) is 0 Å². The highest BCUT2D eigenvalue weighted by Crippen LogP contribution is 2.25. The van der Waals surface area contributed by atoms with Crippen molar-refractivity contribution < 1.29 is 4.79 Å².